The lowest BCUT2D eigenvalue weighted by molar-refractivity contribution is -0.310. The summed E-state index contributed by atoms with van der Waals surface area (Å²) in [7, 11) is 0. The Morgan fingerprint density at radius 3 is 2.31 bits per heavy atom. The molecule has 0 bridgehead atoms. The molecule has 1 fully saturated rings. The Kier molecular flexibility index (Phi) is 5.10. The molecule has 3 unspecified atom stereocenters. The first kappa shape index (κ1) is 13.8. The van der Waals surface area contributed by atoms with E-state index in [2.05, 4.69) is 0 Å². The van der Waals surface area contributed by atoms with Gasteiger partial charge < -0.3 is 29.9 Å². The molecule has 6 nitrogen and oxygen atoms in total. The highest BCUT2D eigenvalue weighted by atomic mass is 16.7. The van der Waals surface area contributed by atoms with Crippen LogP contribution >= 0.6 is 0 Å². The van der Waals surface area contributed by atoms with Crippen molar-refractivity contribution in [3.63, 3.8) is 0 Å². The first-order valence-corrected chi connectivity index (χ1v) is 5.47. The molecule has 96 valence electrons. The van der Waals surface area contributed by atoms with Gasteiger partial charge in [0, 0.05) is 0 Å². The quantitative estimate of drug-likeness (QED) is 0.479. The maximum absolute atomic E-state index is 9.62. The van der Waals surface area contributed by atoms with Gasteiger partial charge in [-0.05, 0) is 13.3 Å². The van der Waals surface area contributed by atoms with E-state index in [1.54, 1.807) is 6.92 Å². The summed E-state index contributed by atoms with van der Waals surface area (Å²) >= 11 is 0. The third kappa shape index (κ3) is 2.91. The van der Waals surface area contributed by atoms with E-state index >= 15 is 0 Å². The minimum atomic E-state index is -1.38. The van der Waals surface area contributed by atoms with Crippen molar-refractivity contribution in [2.24, 2.45) is 0 Å². The molecule has 0 radical (unpaired) electrons. The highest BCUT2D eigenvalue weighted by Gasteiger charge is 2.44. The predicted octanol–water partition coefficient (Wildman–Crippen LogP) is -1.40. The largest absolute Gasteiger partial charge is 0.394 e. The minimum absolute atomic E-state index is 0.138. The van der Waals surface area contributed by atoms with Gasteiger partial charge in [0.25, 0.3) is 0 Å². The normalized spacial score (nSPS) is 42.0. The molecule has 1 aliphatic rings. The van der Waals surface area contributed by atoms with Crippen molar-refractivity contribution in [3.8, 4) is 0 Å². The maximum Gasteiger partial charge on any atom is 0.186 e. The van der Waals surface area contributed by atoms with Gasteiger partial charge in [-0.1, -0.05) is 6.92 Å². The molecule has 1 heterocycles. The molecule has 1 rings (SSSR count). The van der Waals surface area contributed by atoms with Crippen LogP contribution in [0.25, 0.3) is 0 Å². The Morgan fingerprint density at radius 1 is 1.19 bits per heavy atom. The molecule has 6 heteroatoms. The second-order valence-electron chi connectivity index (χ2n) is 4.05. The van der Waals surface area contributed by atoms with Gasteiger partial charge in [-0.15, -0.1) is 0 Å². The first-order chi connectivity index (χ1) is 7.51. The molecule has 0 aliphatic carbocycles. The zero-order chi connectivity index (χ0) is 12.3. The van der Waals surface area contributed by atoms with E-state index in [1.807, 2.05) is 6.92 Å². The Morgan fingerprint density at radius 2 is 1.81 bits per heavy atom. The summed E-state index contributed by atoms with van der Waals surface area (Å²) in [6, 6.07) is 0. The summed E-state index contributed by atoms with van der Waals surface area (Å²) in [5.74, 6) is 0. The van der Waals surface area contributed by atoms with E-state index in [4.69, 9.17) is 14.6 Å². The van der Waals surface area contributed by atoms with Gasteiger partial charge in [-0.3, -0.25) is 0 Å². The SMILES string of the molecule is CCC(C)O[C@@H]1OC(CO)[C@H](O)[C@H](O)C1O. The fourth-order valence-electron chi connectivity index (χ4n) is 1.50. The van der Waals surface area contributed by atoms with Crippen LogP contribution < -0.4 is 0 Å². The van der Waals surface area contributed by atoms with Gasteiger partial charge in [-0.2, -0.15) is 0 Å². The van der Waals surface area contributed by atoms with Gasteiger partial charge in [-0.25, -0.2) is 0 Å². The van der Waals surface area contributed by atoms with Crippen molar-refractivity contribution in [2.45, 2.75) is 57.1 Å². The van der Waals surface area contributed by atoms with Crippen molar-refractivity contribution in [1.29, 1.82) is 0 Å². The Hall–Kier alpha value is -0.240. The molecule has 0 amide bonds. The first-order valence-electron chi connectivity index (χ1n) is 5.47. The molecule has 1 aliphatic heterocycles. The molecule has 0 aromatic rings. The van der Waals surface area contributed by atoms with Crippen molar-refractivity contribution in [2.75, 3.05) is 6.61 Å². The van der Waals surface area contributed by atoms with Crippen molar-refractivity contribution >= 4 is 0 Å². The van der Waals surface area contributed by atoms with Crippen LogP contribution in [0.3, 0.4) is 0 Å². The van der Waals surface area contributed by atoms with Gasteiger partial charge >= 0.3 is 0 Å². The zero-order valence-electron chi connectivity index (χ0n) is 9.48. The molecule has 0 saturated carbocycles. The smallest absolute Gasteiger partial charge is 0.186 e. The topological polar surface area (TPSA) is 99.4 Å². The zero-order valence-corrected chi connectivity index (χ0v) is 9.48. The monoisotopic (exact) mass is 236 g/mol. The third-order valence-corrected chi connectivity index (χ3v) is 2.79. The number of ether oxygens (including phenoxy) is 2. The third-order valence-electron chi connectivity index (χ3n) is 2.79. The lowest BCUT2D eigenvalue weighted by atomic mass is 9.99. The summed E-state index contributed by atoms with van der Waals surface area (Å²) in [5.41, 5.74) is 0. The molecule has 16 heavy (non-hydrogen) atoms. The van der Waals surface area contributed by atoms with Crippen LogP contribution in [0.2, 0.25) is 0 Å². The lowest BCUT2D eigenvalue weighted by Gasteiger charge is -2.40. The number of hydrogen-bond acceptors (Lipinski definition) is 6. The summed E-state index contributed by atoms with van der Waals surface area (Å²) in [4.78, 5) is 0. The molecule has 0 spiro atoms. The van der Waals surface area contributed by atoms with Crippen LogP contribution in [-0.4, -0.2) is 63.8 Å². The van der Waals surface area contributed by atoms with E-state index in [1.165, 1.54) is 0 Å². The van der Waals surface area contributed by atoms with Crippen LogP contribution in [0.5, 0.6) is 0 Å². The van der Waals surface area contributed by atoms with Crippen LogP contribution in [0.1, 0.15) is 20.3 Å². The maximum atomic E-state index is 9.62. The average molecular weight is 236 g/mol. The van der Waals surface area contributed by atoms with E-state index in [0.29, 0.717) is 0 Å². The van der Waals surface area contributed by atoms with Crippen molar-refractivity contribution in [3.05, 3.63) is 0 Å². The standard InChI is InChI=1S/C10H20O6/c1-3-5(2)15-10-9(14)8(13)7(12)6(4-11)16-10/h5-14H,3-4H2,1-2H3/t5?,6?,7-,8-,9?,10+/m0/s1. The van der Waals surface area contributed by atoms with E-state index in [-0.39, 0.29) is 6.10 Å². The molecular weight excluding hydrogens is 216 g/mol. The van der Waals surface area contributed by atoms with Crippen molar-refractivity contribution in [1.82, 2.24) is 0 Å². The molecule has 4 N–H and O–H groups in total. The molecule has 0 aromatic carbocycles. The number of hydrogen-bond donors (Lipinski definition) is 4. The van der Waals surface area contributed by atoms with E-state index in [0.717, 1.165) is 6.42 Å². The molecule has 0 aromatic heterocycles. The van der Waals surface area contributed by atoms with Gasteiger partial charge in [0.05, 0.1) is 12.7 Å². The second kappa shape index (κ2) is 5.90. The highest BCUT2D eigenvalue weighted by molar-refractivity contribution is 4.89. The van der Waals surface area contributed by atoms with Crippen LogP contribution in [0.4, 0.5) is 0 Å². The average Bonchev–Trinajstić information content (AvgIpc) is 2.29. The number of aliphatic hydroxyl groups excluding tert-OH is 4. The van der Waals surface area contributed by atoms with Crippen molar-refractivity contribution < 1.29 is 29.9 Å². The summed E-state index contributed by atoms with van der Waals surface area (Å²) in [6.07, 6.45) is -5.36. The van der Waals surface area contributed by atoms with Gasteiger partial charge in [0.2, 0.25) is 0 Å². The van der Waals surface area contributed by atoms with Gasteiger partial charge in [0.1, 0.15) is 24.4 Å². The van der Waals surface area contributed by atoms with Crippen LogP contribution in [0, 0.1) is 0 Å². The molecule has 1 saturated heterocycles. The summed E-state index contributed by atoms with van der Waals surface area (Å²) < 4.78 is 10.5. The Labute approximate surface area is 94.4 Å². The fourth-order valence-corrected chi connectivity index (χ4v) is 1.50. The highest BCUT2D eigenvalue weighted by Crippen LogP contribution is 2.23. The van der Waals surface area contributed by atoms with E-state index in [9.17, 15) is 15.3 Å². The van der Waals surface area contributed by atoms with E-state index < -0.39 is 37.3 Å². The van der Waals surface area contributed by atoms with Crippen LogP contribution in [0.15, 0.2) is 0 Å². The second-order valence-corrected chi connectivity index (χ2v) is 4.05. The van der Waals surface area contributed by atoms with Crippen LogP contribution in [-0.2, 0) is 9.47 Å². The fraction of sp³-hybridized carbons (Fsp3) is 1.00. The lowest BCUT2D eigenvalue weighted by Crippen LogP contribution is -2.59. The predicted molar refractivity (Wildman–Crippen MR) is 54.6 cm³/mol. The Bertz CT molecular complexity index is 209. The minimum Gasteiger partial charge on any atom is -0.394 e. The molecular formula is C10H20O6. The summed E-state index contributed by atoms with van der Waals surface area (Å²) in [6.45, 7) is 3.28. The van der Waals surface area contributed by atoms with Gasteiger partial charge in [0.15, 0.2) is 6.29 Å². The molecule has 6 atom stereocenters. The Balaban J connectivity index is 2.63. The number of aliphatic hydroxyl groups is 4. The number of rotatable bonds is 4. The summed E-state index contributed by atoms with van der Waals surface area (Å²) in [5, 5.41) is 37.6.